The second kappa shape index (κ2) is 9.22. The quantitative estimate of drug-likeness (QED) is 0.488. The van der Waals surface area contributed by atoms with Crippen LogP contribution in [0.25, 0.3) is 11.0 Å². The van der Waals surface area contributed by atoms with E-state index in [1.165, 1.54) is 7.11 Å². The first-order valence-corrected chi connectivity index (χ1v) is 9.73. The average Bonchev–Trinajstić information content (AvgIpc) is 2.83. The highest BCUT2D eigenvalue weighted by Crippen LogP contribution is 2.31. The molecule has 0 saturated heterocycles. The van der Waals surface area contributed by atoms with Crippen LogP contribution in [0.2, 0.25) is 0 Å². The minimum atomic E-state index is -0.419. The van der Waals surface area contributed by atoms with E-state index in [1.807, 2.05) is 12.1 Å². The highest BCUT2D eigenvalue weighted by molar-refractivity contribution is 6.05. The maximum atomic E-state index is 13.1. The molecule has 4 aromatic rings. The summed E-state index contributed by atoms with van der Waals surface area (Å²) in [7, 11) is 4.65. The zero-order chi connectivity index (χ0) is 22.5. The first-order chi connectivity index (χ1) is 15.6. The summed E-state index contributed by atoms with van der Waals surface area (Å²) in [5.41, 5.74) is 1.21. The standard InChI is InChI=1S/C24H21N3O5/c1-29-16-10-11-19(30-2)18(14-16)26-24-17(23(28)27-21-9-4-5-12-25-21)13-15-7-6-8-20(31-3)22(15)32-24/h4-14H,1-3H3,(H,25,27,28). The van der Waals surface area contributed by atoms with Gasteiger partial charge in [0, 0.05) is 17.6 Å². The van der Waals surface area contributed by atoms with E-state index in [2.05, 4.69) is 15.3 Å². The Labute approximate surface area is 184 Å². The van der Waals surface area contributed by atoms with Crippen LogP contribution in [-0.4, -0.2) is 32.2 Å². The van der Waals surface area contributed by atoms with Gasteiger partial charge in [0.15, 0.2) is 11.3 Å². The summed E-state index contributed by atoms with van der Waals surface area (Å²) in [6, 6.07) is 17.5. The number of nitrogens with zero attached hydrogens (tertiary/aromatic N) is 2. The lowest BCUT2D eigenvalue weighted by Gasteiger charge is -2.10. The second-order valence-corrected chi connectivity index (χ2v) is 6.66. The number of hydrogen-bond donors (Lipinski definition) is 1. The van der Waals surface area contributed by atoms with Gasteiger partial charge in [-0.25, -0.2) is 9.98 Å². The van der Waals surface area contributed by atoms with Gasteiger partial charge in [-0.3, -0.25) is 4.79 Å². The smallest absolute Gasteiger partial charge is 0.262 e. The number of pyridine rings is 1. The Morgan fingerprint density at radius 2 is 1.78 bits per heavy atom. The molecular weight excluding hydrogens is 410 g/mol. The zero-order valence-electron chi connectivity index (χ0n) is 17.8. The lowest BCUT2D eigenvalue weighted by Crippen LogP contribution is -2.22. The van der Waals surface area contributed by atoms with Crippen molar-refractivity contribution in [2.75, 3.05) is 26.6 Å². The van der Waals surface area contributed by atoms with E-state index >= 15 is 0 Å². The summed E-state index contributed by atoms with van der Waals surface area (Å²) in [4.78, 5) is 21.9. The van der Waals surface area contributed by atoms with Crippen molar-refractivity contribution in [1.29, 1.82) is 0 Å². The van der Waals surface area contributed by atoms with Crippen molar-refractivity contribution in [2.45, 2.75) is 0 Å². The van der Waals surface area contributed by atoms with Gasteiger partial charge in [0.1, 0.15) is 28.6 Å². The molecule has 0 fully saturated rings. The molecule has 0 aliphatic heterocycles. The molecular formula is C24H21N3O5. The highest BCUT2D eigenvalue weighted by Gasteiger charge is 2.16. The van der Waals surface area contributed by atoms with Crippen LogP contribution in [0.1, 0.15) is 10.4 Å². The summed E-state index contributed by atoms with van der Waals surface area (Å²) < 4.78 is 22.2. The van der Waals surface area contributed by atoms with Crippen LogP contribution in [0.4, 0.5) is 11.5 Å². The Balaban J connectivity index is 1.94. The summed E-state index contributed by atoms with van der Waals surface area (Å²) >= 11 is 0. The first-order valence-electron chi connectivity index (χ1n) is 9.73. The minimum absolute atomic E-state index is 0.0852. The Hall–Kier alpha value is -4.33. The van der Waals surface area contributed by atoms with Crippen molar-refractivity contribution in [1.82, 2.24) is 4.98 Å². The van der Waals surface area contributed by atoms with E-state index < -0.39 is 5.91 Å². The van der Waals surface area contributed by atoms with Gasteiger partial charge in [-0.05, 0) is 36.4 Å². The molecule has 8 nitrogen and oxygen atoms in total. The van der Waals surface area contributed by atoms with E-state index in [1.54, 1.807) is 68.9 Å². The number of rotatable bonds is 6. The third-order valence-electron chi connectivity index (χ3n) is 4.72. The van der Waals surface area contributed by atoms with Crippen LogP contribution in [0, 0.1) is 0 Å². The lowest BCUT2D eigenvalue weighted by atomic mass is 10.1. The Morgan fingerprint density at radius 1 is 0.938 bits per heavy atom. The number of carbonyl (C=O) groups excluding carboxylic acids is 1. The van der Waals surface area contributed by atoms with Gasteiger partial charge >= 0.3 is 0 Å². The molecule has 0 bridgehead atoms. The van der Waals surface area contributed by atoms with Crippen molar-refractivity contribution >= 4 is 28.4 Å². The summed E-state index contributed by atoms with van der Waals surface area (Å²) in [5.74, 6) is 1.60. The number of benzene rings is 2. The van der Waals surface area contributed by atoms with E-state index in [9.17, 15) is 4.79 Å². The highest BCUT2D eigenvalue weighted by atomic mass is 16.5. The van der Waals surface area contributed by atoms with E-state index in [0.29, 0.717) is 39.7 Å². The molecule has 4 rings (SSSR count). The third-order valence-corrected chi connectivity index (χ3v) is 4.72. The fourth-order valence-corrected chi connectivity index (χ4v) is 3.14. The van der Waals surface area contributed by atoms with Crippen molar-refractivity contribution in [3.8, 4) is 17.2 Å². The van der Waals surface area contributed by atoms with Gasteiger partial charge in [0.05, 0.1) is 21.3 Å². The fraction of sp³-hybridized carbons (Fsp3) is 0.125. The van der Waals surface area contributed by atoms with Crippen LogP contribution in [0.15, 0.2) is 76.3 Å². The number of carbonyl (C=O) groups is 1. The molecule has 8 heteroatoms. The normalized spacial score (nSPS) is 11.3. The number of methoxy groups -OCH3 is 3. The Kier molecular flexibility index (Phi) is 6.03. The van der Waals surface area contributed by atoms with Crippen LogP contribution >= 0.6 is 0 Å². The molecule has 1 N–H and O–H groups in total. The molecule has 0 aliphatic carbocycles. The molecule has 0 radical (unpaired) electrons. The topological polar surface area (TPSA) is 95.2 Å². The number of ether oxygens (including phenoxy) is 3. The molecule has 0 aliphatic rings. The van der Waals surface area contributed by atoms with Gasteiger partial charge in [-0.2, -0.15) is 0 Å². The van der Waals surface area contributed by atoms with Crippen LogP contribution in [0.3, 0.4) is 0 Å². The van der Waals surface area contributed by atoms with Gasteiger partial charge < -0.3 is 23.9 Å². The van der Waals surface area contributed by atoms with Crippen LogP contribution in [-0.2, 0) is 0 Å². The van der Waals surface area contributed by atoms with E-state index in [4.69, 9.17) is 18.6 Å². The van der Waals surface area contributed by atoms with Crippen LogP contribution < -0.4 is 25.1 Å². The molecule has 0 atom stereocenters. The monoisotopic (exact) mass is 431 g/mol. The Morgan fingerprint density at radius 3 is 2.50 bits per heavy atom. The average molecular weight is 431 g/mol. The third kappa shape index (κ3) is 4.24. The maximum absolute atomic E-state index is 13.1. The number of anilines is 1. The van der Waals surface area contributed by atoms with Crippen molar-refractivity contribution in [3.05, 3.63) is 78.0 Å². The largest absolute Gasteiger partial charge is 0.497 e. The van der Waals surface area contributed by atoms with E-state index in [-0.39, 0.29) is 11.1 Å². The van der Waals surface area contributed by atoms with Crippen LogP contribution in [0.5, 0.6) is 17.2 Å². The van der Waals surface area contributed by atoms with Gasteiger partial charge in [-0.15, -0.1) is 0 Å². The SMILES string of the molecule is COc1ccc(OC)c(N=c2oc3c(OC)cccc3cc2C(=O)Nc2ccccn2)c1. The Bertz CT molecular complexity index is 1330. The number of hydrogen-bond acceptors (Lipinski definition) is 7. The molecule has 0 saturated carbocycles. The lowest BCUT2D eigenvalue weighted by molar-refractivity contribution is 0.102. The predicted molar refractivity (Wildman–Crippen MR) is 120 cm³/mol. The molecule has 0 spiro atoms. The number of fused-ring (bicyclic) bond motifs is 1. The molecule has 0 unspecified atom stereocenters. The first kappa shape index (κ1) is 20.9. The van der Waals surface area contributed by atoms with Crippen molar-refractivity contribution in [3.63, 3.8) is 0 Å². The van der Waals surface area contributed by atoms with Gasteiger partial charge in [0.25, 0.3) is 5.91 Å². The van der Waals surface area contributed by atoms with E-state index in [0.717, 1.165) is 0 Å². The van der Waals surface area contributed by atoms with Gasteiger partial charge in [0.2, 0.25) is 5.55 Å². The molecule has 2 heterocycles. The number of nitrogens with one attached hydrogen (secondary N) is 1. The molecule has 32 heavy (non-hydrogen) atoms. The fourth-order valence-electron chi connectivity index (χ4n) is 3.14. The zero-order valence-corrected chi connectivity index (χ0v) is 17.8. The summed E-state index contributed by atoms with van der Waals surface area (Å²) in [6.07, 6.45) is 1.59. The second-order valence-electron chi connectivity index (χ2n) is 6.66. The summed E-state index contributed by atoms with van der Waals surface area (Å²) in [6.45, 7) is 0. The molecule has 2 aromatic carbocycles. The van der Waals surface area contributed by atoms with Crippen molar-refractivity contribution in [2.24, 2.45) is 4.99 Å². The minimum Gasteiger partial charge on any atom is -0.497 e. The number of para-hydroxylation sites is 1. The molecule has 1 amide bonds. The number of amides is 1. The van der Waals surface area contributed by atoms with Crippen molar-refractivity contribution < 1.29 is 23.4 Å². The predicted octanol–water partition coefficient (Wildman–Crippen LogP) is 4.34. The summed E-state index contributed by atoms with van der Waals surface area (Å²) in [5, 5.41) is 3.46. The number of aromatic nitrogens is 1. The van der Waals surface area contributed by atoms with Gasteiger partial charge in [-0.1, -0.05) is 18.2 Å². The molecule has 2 aromatic heterocycles. The maximum Gasteiger partial charge on any atom is 0.262 e. The molecule has 162 valence electrons.